The van der Waals surface area contributed by atoms with Crippen molar-refractivity contribution in [2.24, 2.45) is 0 Å². The van der Waals surface area contributed by atoms with Crippen molar-refractivity contribution >= 4 is 57.3 Å². The van der Waals surface area contributed by atoms with Crippen LogP contribution in [0.4, 0.5) is 0 Å². The molecule has 0 fully saturated rings. The number of H-pyrrole nitrogens is 3. The van der Waals surface area contributed by atoms with Gasteiger partial charge in [0.25, 0.3) is 0 Å². The van der Waals surface area contributed by atoms with Crippen LogP contribution in [0.2, 0.25) is 0 Å². The van der Waals surface area contributed by atoms with E-state index in [4.69, 9.17) is 0 Å². The number of nitrogens with zero attached hydrogens (tertiary/aromatic N) is 6. The van der Waals surface area contributed by atoms with E-state index in [-0.39, 0.29) is 0 Å². The zero-order valence-electron chi connectivity index (χ0n) is 20.7. The van der Waals surface area contributed by atoms with Crippen LogP contribution in [0.5, 0.6) is 0 Å². The molecule has 39 heavy (non-hydrogen) atoms. The van der Waals surface area contributed by atoms with Crippen LogP contribution in [0.3, 0.4) is 0 Å². The van der Waals surface area contributed by atoms with Gasteiger partial charge in [-0.25, -0.2) is 15.1 Å². The van der Waals surface area contributed by atoms with Gasteiger partial charge in [0.15, 0.2) is 0 Å². The number of fused-ring (bicyclic) bond motifs is 9. The van der Waals surface area contributed by atoms with Gasteiger partial charge in [-0.3, -0.25) is 4.98 Å². The molecule has 3 N–H and O–H groups in total. The second kappa shape index (κ2) is 11.1. The zero-order chi connectivity index (χ0) is 26.3. The molecule has 2 aliphatic rings. The lowest BCUT2D eigenvalue weighted by Gasteiger charge is -1.91. The number of aromatic amines is 3. The highest BCUT2D eigenvalue weighted by atomic mass is 15.5. The van der Waals surface area contributed by atoms with Gasteiger partial charge in [-0.05, 0) is 95.4 Å². The first-order valence-corrected chi connectivity index (χ1v) is 12.3. The van der Waals surface area contributed by atoms with Crippen molar-refractivity contribution in [1.29, 1.82) is 0 Å². The molecular formula is C30H23N9. The fourth-order valence-electron chi connectivity index (χ4n) is 4.09. The summed E-state index contributed by atoms with van der Waals surface area (Å²) < 4.78 is 0. The van der Waals surface area contributed by atoms with Crippen LogP contribution < -0.4 is 0 Å². The van der Waals surface area contributed by atoms with Crippen LogP contribution in [-0.2, 0) is 0 Å². The Bertz CT molecular complexity index is 1670. The Morgan fingerprint density at radius 2 is 1.05 bits per heavy atom. The predicted octanol–water partition coefficient (Wildman–Crippen LogP) is 6.09. The summed E-state index contributed by atoms with van der Waals surface area (Å²) >= 11 is 0. The van der Waals surface area contributed by atoms with E-state index in [1.54, 1.807) is 0 Å². The number of hydrogen-bond donors (Lipinski definition) is 3. The fraction of sp³-hybridized carbons (Fsp3) is 0. The summed E-state index contributed by atoms with van der Waals surface area (Å²) in [4.78, 5) is 20.2. The van der Waals surface area contributed by atoms with Crippen LogP contribution in [-0.4, -0.2) is 45.5 Å². The number of nitrogens with one attached hydrogen (secondary N) is 3. The molecule has 8 bridgehead atoms. The monoisotopic (exact) mass is 509 g/mol. The van der Waals surface area contributed by atoms with Gasteiger partial charge >= 0.3 is 0 Å². The van der Waals surface area contributed by atoms with Crippen LogP contribution in [0, 0.1) is 0 Å². The number of rotatable bonds is 0. The molecule has 5 aromatic heterocycles. The topological polar surface area (TPSA) is 125 Å². The molecule has 0 saturated carbocycles. The lowest BCUT2D eigenvalue weighted by Crippen LogP contribution is -1.75. The molecule has 0 unspecified atom stereocenters. The SMILES string of the molecule is C1=Cc2cc3ccc(cc4nc(cc5ccc(cc1n2)[nH]5)C=C4)[nH]3.c1ccc2ncccc2c1.c1nnn[nH]1. The molecule has 0 aliphatic carbocycles. The summed E-state index contributed by atoms with van der Waals surface area (Å²) in [6.45, 7) is 0. The Labute approximate surface area is 223 Å². The summed E-state index contributed by atoms with van der Waals surface area (Å²) in [6, 6.07) is 28.4. The number of para-hydroxylation sites is 1. The molecule has 6 aromatic rings. The van der Waals surface area contributed by atoms with Gasteiger partial charge in [-0.1, -0.05) is 24.3 Å². The third-order valence-corrected chi connectivity index (χ3v) is 5.82. The average molecular weight is 510 g/mol. The van der Waals surface area contributed by atoms with E-state index in [1.165, 1.54) is 11.7 Å². The summed E-state index contributed by atoms with van der Waals surface area (Å²) in [6.07, 6.45) is 11.3. The molecule has 9 nitrogen and oxygen atoms in total. The highest BCUT2D eigenvalue weighted by molar-refractivity contribution is 5.78. The molecule has 1 aromatic carbocycles. The second-order valence-electron chi connectivity index (χ2n) is 8.66. The minimum Gasteiger partial charge on any atom is -0.355 e. The molecule has 8 rings (SSSR count). The van der Waals surface area contributed by atoms with Crippen molar-refractivity contribution in [2.75, 3.05) is 0 Å². The third kappa shape index (κ3) is 6.17. The first-order valence-electron chi connectivity index (χ1n) is 12.3. The summed E-state index contributed by atoms with van der Waals surface area (Å²) in [5, 5.41) is 13.3. The van der Waals surface area contributed by atoms with E-state index in [0.29, 0.717) is 0 Å². The summed E-state index contributed by atoms with van der Waals surface area (Å²) in [5.74, 6) is 0. The molecule has 9 heteroatoms. The van der Waals surface area contributed by atoms with Gasteiger partial charge in [0.2, 0.25) is 0 Å². The van der Waals surface area contributed by atoms with Gasteiger partial charge in [-0.2, -0.15) is 0 Å². The van der Waals surface area contributed by atoms with E-state index >= 15 is 0 Å². The van der Waals surface area contributed by atoms with Crippen LogP contribution >= 0.6 is 0 Å². The first-order chi connectivity index (χ1) is 19.3. The van der Waals surface area contributed by atoms with Crippen LogP contribution in [0.25, 0.3) is 57.3 Å². The summed E-state index contributed by atoms with van der Waals surface area (Å²) in [7, 11) is 0. The maximum atomic E-state index is 4.63. The quantitative estimate of drug-likeness (QED) is 0.227. The van der Waals surface area contributed by atoms with E-state index in [2.05, 4.69) is 81.9 Å². The smallest absolute Gasteiger partial charge is 0.135 e. The Hall–Kier alpha value is -5.70. The molecule has 0 saturated heterocycles. The Morgan fingerprint density at radius 3 is 1.49 bits per heavy atom. The van der Waals surface area contributed by atoms with Crippen molar-refractivity contribution in [3.8, 4) is 0 Å². The molecule has 7 heterocycles. The zero-order valence-corrected chi connectivity index (χ0v) is 20.7. The maximum Gasteiger partial charge on any atom is 0.135 e. The van der Waals surface area contributed by atoms with Crippen LogP contribution in [0.15, 0.2) is 97.5 Å². The molecule has 188 valence electrons. The Balaban J connectivity index is 0.000000150. The lowest BCUT2D eigenvalue weighted by molar-refractivity contribution is 0.881. The second-order valence-corrected chi connectivity index (χ2v) is 8.66. The molecule has 0 spiro atoms. The largest absolute Gasteiger partial charge is 0.355 e. The highest BCUT2D eigenvalue weighted by Crippen LogP contribution is 2.17. The molecule has 0 amide bonds. The molecule has 0 radical (unpaired) electrons. The van der Waals surface area contributed by atoms with Gasteiger partial charge in [0.05, 0.1) is 28.3 Å². The van der Waals surface area contributed by atoms with E-state index < -0.39 is 0 Å². The van der Waals surface area contributed by atoms with E-state index in [1.807, 2.05) is 79.0 Å². The van der Waals surface area contributed by atoms with Gasteiger partial charge < -0.3 is 9.97 Å². The standard InChI is InChI=1S/C20H14N4.C9H7N.CH2N4/c1-2-14-10-16-5-6-18(23-16)12-20-8-7-19(24-20)11-17-4-3-15(22-17)9-13(1)21-14;1-2-6-9-8(4-1)5-3-7-10-9;1-2-4-5-3-1/h1-12,21,24H;1-7H;1H,(H,2,3,4,5). The van der Waals surface area contributed by atoms with Crippen molar-refractivity contribution in [2.45, 2.75) is 0 Å². The molecule has 0 atom stereocenters. The van der Waals surface area contributed by atoms with Crippen molar-refractivity contribution in [3.05, 3.63) is 120 Å². The third-order valence-electron chi connectivity index (χ3n) is 5.82. The summed E-state index contributed by atoms with van der Waals surface area (Å²) in [5.41, 5.74) is 8.92. The van der Waals surface area contributed by atoms with Crippen LogP contribution in [0.1, 0.15) is 22.8 Å². The molecular weight excluding hydrogens is 486 g/mol. The first kappa shape index (κ1) is 23.7. The van der Waals surface area contributed by atoms with Gasteiger partial charge in [-0.15, -0.1) is 5.10 Å². The number of aromatic nitrogens is 9. The number of benzene rings is 1. The molecule has 2 aliphatic heterocycles. The van der Waals surface area contributed by atoms with Crippen molar-refractivity contribution in [1.82, 2.24) is 45.5 Å². The van der Waals surface area contributed by atoms with Crippen molar-refractivity contribution in [3.63, 3.8) is 0 Å². The Morgan fingerprint density at radius 1 is 0.538 bits per heavy atom. The minimum atomic E-state index is 0.939. The maximum absolute atomic E-state index is 4.63. The van der Waals surface area contributed by atoms with Gasteiger partial charge in [0.1, 0.15) is 6.33 Å². The van der Waals surface area contributed by atoms with Crippen molar-refractivity contribution < 1.29 is 0 Å². The lowest BCUT2D eigenvalue weighted by atomic mass is 10.2. The van der Waals surface area contributed by atoms with Gasteiger partial charge in [0, 0.05) is 33.6 Å². The normalized spacial score (nSPS) is 11.4. The fourth-order valence-corrected chi connectivity index (χ4v) is 4.09. The van der Waals surface area contributed by atoms with E-state index in [9.17, 15) is 0 Å². The predicted molar refractivity (Wildman–Crippen MR) is 155 cm³/mol. The number of pyridine rings is 1. The average Bonchev–Trinajstić information content (AvgIpc) is 3.79. The van der Waals surface area contributed by atoms with E-state index in [0.717, 1.165) is 50.4 Å². The minimum absolute atomic E-state index is 0.939. The number of hydrogen-bond acceptors (Lipinski definition) is 6. The highest BCUT2D eigenvalue weighted by Gasteiger charge is 2.01. The number of tetrazole rings is 1. The Kier molecular flexibility index (Phi) is 6.76.